The van der Waals surface area contributed by atoms with Gasteiger partial charge in [-0.2, -0.15) is 0 Å². The summed E-state index contributed by atoms with van der Waals surface area (Å²) in [6, 6.07) is 13.6. The number of rotatable bonds is 5. The van der Waals surface area contributed by atoms with E-state index in [4.69, 9.17) is 18.0 Å². The number of thiocarbonyl (C=S) groups is 1. The van der Waals surface area contributed by atoms with Crippen molar-refractivity contribution in [3.05, 3.63) is 64.1 Å². The molecule has 2 aromatic carbocycles. The van der Waals surface area contributed by atoms with Crippen LogP contribution in [0.4, 0.5) is 0 Å². The minimum atomic E-state index is -3.52. The lowest BCUT2D eigenvalue weighted by Gasteiger charge is -2.07. The Bertz CT molecular complexity index is 742. The molecule has 0 aliphatic carbocycles. The van der Waals surface area contributed by atoms with Gasteiger partial charge in [0.15, 0.2) is 0 Å². The van der Waals surface area contributed by atoms with Gasteiger partial charge in [0.2, 0.25) is 10.0 Å². The van der Waals surface area contributed by atoms with E-state index in [0.717, 1.165) is 15.6 Å². The van der Waals surface area contributed by atoms with Gasteiger partial charge in [-0.1, -0.05) is 52.4 Å². The molecule has 0 spiro atoms. The quantitative estimate of drug-likeness (QED) is 0.776. The van der Waals surface area contributed by atoms with Gasteiger partial charge in [-0.15, -0.1) is 0 Å². The number of halogens is 1. The van der Waals surface area contributed by atoms with Gasteiger partial charge in [-0.25, -0.2) is 13.1 Å². The van der Waals surface area contributed by atoms with Crippen LogP contribution in [0.1, 0.15) is 11.1 Å². The summed E-state index contributed by atoms with van der Waals surface area (Å²) in [6.07, 6.45) is 0. The van der Waals surface area contributed by atoms with Crippen molar-refractivity contribution in [1.29, 1.82) is 0 Å². The van der Waals surface area contributed by atoms with Gasteiger partial charge in [-0.05, 0) is 29.8 Å². The predicted octanol–water partition coefficient (Wildman–Crippen LogP) is 2.56. The van der Waals surface area contributed by atoms with Crippen LogP contribution in [-0.4, -0.2) is 13.4 Å². The molecule has 7 heteroatoms. The molecule has 0 atom stereocenters. The molecular formula is C14H13BrN2O2S2. The lowest BCUT2D eigenvalue weighted by molar-refractivity contribution is 0.581. The lowest BCUT2D eigenvalue weighted by Crippen LogP contribution is -2.23. The summed E-state index contributed by atoms with van der Waals surface area (Å²) >= 11 is 8.14. The van der Waals surface area contributed by atoms with E-state index >= 15 is 0 Å². The summed E-state index contributed by atoms with van der Waals surface area (Å²) < 4.78 is 27.6. The van der Waals surface area contributed by atoms with Crippen molar-refractivity contribution in [3.63, 3.8) is 0 Å². The van der Waals surface area contributed by atoms with Crippen LogP contribution in [0, 0.1) is 0 Å². The molecule has 4 nitrogen and oxygen atoms in total. The van der Waals surface area contributed by atoms with Crippen LogP contribution in [0.5, 0.6) is 0 Å². The molecule has 0 bridgehead atoms. The van der Waals surface area contributed by atoms with Crippen molar-refractivity contribution >= 4 is 43.2 Å². The van der Waals surface area contributed by atoms with Gasteiger partial charge >= 0.3 is 0 Å². The predicted molar refractivity (Wildman–Crippen MR) is 90.5 cm³/mol. The molecule has 0 radical (unpaired) electrons. The first-order valence-corrected chi connectivity index (χ1v) is 8.71. The zero-order valence-electron chi connectivity index (χ0n) is 10.9. The van der Waals surface area contributed by atoms with Crippen molar-refractivity contribution in [3.8, 4) is 0 Å². The summed E-state index contributed by atoms with van der Waals surface area (Å²) in [5.41, 5.74) is 7.09. The largest absolute Gasteiger partial charge is 0.389 e. The minimum absolute atomic E-state index is 0.204. The molecule has 0 unspecified atom stereocenters. The third-order valence-corrected chi connectivity index (χ3v) is 5.01. The standard InChI is InChI=1S/C14H13BrN2O2S2/c15-12-5-7-13(8-6-12)21(18,19)17-9-10-1-3-11(4-2-10)14(16)20/h1-8,17H,9H2,(H2,16,20). The van der Waals surface area contributed by atoms with Crippen molar-refractivity contribution in [2.24, 2.45) is 5.73 Å². The minimum Gasteiger partial charge on any atom is -0.389 e. The fourth-order valence-corrected chi connectivity index (χ4v) is 3.08. The molecular weight excluding hydrogens is 372 g/mol. The van der Waals surface area contributed by atoms with E-state index in [1.54, 1.807) is 48.5 Å². The Morgan fingerprint density at radius 2 is 1.67 bits per heavy atom. The normalized spacial score (nSPS) is 11.3. The highest BCUT2D eigenvalue weighted by molar-refractivity contribution is 9.10. The van der Waals surface area contributed by atoms with Gasteiger partial charge in [0.25, 0.3) is 0 Å². The second-order valence-corrected chi connectivity index (χ2v) is 7.46. The number of hydrogen-bond acceptors (Lipinski definition) is 3. The molecule has 3 N–H and O–H groups in total. The van der Waals surface area contributed by atoms with E-state index in [1.165, 1.54) is 0 Å². The van der Waals surface area contributed by atoms with Gasteiger partial charge in [-0.3, -0.25) is 0 Å². The molecule has 110 valence electrons. The topological polar surface area (TPSA) is 72.2 Å². The van der Waals surface area contributed by atoms with Gasteiger partial charge in [0.1, 0.15) is 4.99 Å². The molecule has 2 aromatic rings. The van der Waals surface area contributed by atoms with E-state index in [0.29, 0.717) is 4.99 Å². The Labute approximate surface area is 137 Å². The number of nitrogens with one attached hydrogen (secondary N) is 1. The second-order valence-electron chi connectivity index (χ2n) is 4.34. The zero-order valence-corrected chi connectivity index (χ0v) is 14.1. The number of benzene rings is 2. The highest BCUT2D eigenvalue weighted by Gasteiger charge is 2.13. The van der Waals surface area contributed by atoms with E-state index in [-0.39, 0.29) is 11.4 Å². The summed E-state index contributed by atoms with van der Waals surface area (Å²) in [6.45, 7) is 0.204. The first-order valence-electron chi connectivity index (χ1n) is 6.02. The van der Waals surface area contributed by atoms with Crippen LogP contribution in [-0.2, 0) is 16.6 Å². The molecule has 0 saturated heterocycles. The lowest BCUT2D eigenvalue weighted by atomic mass is 10.1. The van der Waals surface area contributed by atoms with Crippen molar-refractivity contribution in [2.45, 2.75) is 11.4 Å². The van der Waals surface area contributed by atoms with Crippen LogP contribution in [0.25, 0.3) is 0 Å². The van der Waals surface area contributed by atoms with Crippen LogP contribution < -0.4 is 10.5 Å². The molecule has 0 heterocycles. The highest BCUT2D eigenvalue weighted by Crippen LogP contribution is 2.15. The van der Waals surface area contributed by atoms with Crippen molar-refractivity contribution in [2.75, 3.05) is 0 Å². The van der Waals surface area contributed by atoms with Crippen LogP contribution in [0.2, 0.25) is 0 Å². The third-order valence-electron chi connectivity index (χ3n) is 2.83. The average Bonchev–Trinajstić information content (AvgIpc) is 2.46. The Hall–Kier alpha value is -1.28. The Morgan fingerprint density at radius 3 is 2.19 bits per heavy atom. The van der Waals surface area contributed by atoms with E-state index in [1.807, 2.05) is 0 Å². The molecule has 2 rings (SSSR count). The summed E-state index contributed by atoms with van der Waals surface area (Å²) in [7, 11) is -3.52. The van der Waals surface area contributed by atoms with Gasteiger partial charge in [0.05, 0.1) is 4.90 Å². The second kappa shape index (κ2) is 6.65. The fourth-order valence-electron chi connectivity index (χ4n) is 1.66. The van der Waals surface area contributed by atoms with E-state index in [9.17, 15) is 8.42 Å². The molecule has 0 aromatic heterocycles. The number of nitrogens with two attached hydrogens (primary N) is 1. The van der Waals surface area contributed by atoms with Crippen molar-refractivity contribution in [1.82, 2.24) is 4.72 Å². The van der Waals surface area contributed by atoms with E-state index < -0.39 is 10.0 Å². The monoisotopic (exact) mass is 384 g/mol. The summed E-state index contributed by atoms with van der Waals surface area (Å²) in [5.74, 6) is 0. The molecule has 0 aliphatic heterocycles. The molecule has 0 amide bonds. The Balaban J connectivity index is 2.08. The van der Waals surface area contributed by atoms with Gasteiger partial charge < -0.3 is 5.73 Å². The third kappa shape index (κ3) is 4.34. The van der Waals surface area contributed by atoms with Gasteiger partial charge in [0, 0.05) is 16.6 Å². The molecule has 0 aliphatic rings. The van der Waals surface area contributed by atoms with Crippen LogP contribution >= 0.6 is 28.1 Å². The van der Waals surface area contributed by atoms with E-state index in [2.05, 4.69) is 20.7 Å². The first kappa shape index (κ1) is 16.1. The number of hydrogen-bond donors (Lipinski definition) is 2. The van der Waals surface area contributed by atoms with Crippen LogP contribution in [0.15, 0.2) is 57.9 Å². The Kier molecular flexibility index (Phi) is 5.10. The van der Waals surface area contributed by atoms with Crippen molar-refractivity contribution < 1.29 is 8.42 Å². The fraction of sp³-hybridized carbons (Fsp3) is 0.0714. The maximum atomic E-state index is 12.1. The average molecular weight is 385 g/mol. The zero-order chi connectivity index (χ0) is 15.5. The molecule has 0 saturated carbocycles. The molecule has 21 heavy (non-hydrogen) atoms. The maximum Gasteiger partial charge on any atom is 0.240 e. The smallest absolute Gasteiger partial charge is 0.240 e. The SMILES string of the molecule is NC(=S)c1ccc(CNS(=O)(=O)c2ccc(Br)cc2)cc1. The number of sulfonamides is 1. The molecule has 0 fully saturated rings. The maximum absolute atomic E-state index is 12.1. The first-order chi connectivity index (χ1) is 9.88. The van der Waals surface area contributed by atoms with Crippen LogP contribution in [0.3, 0.4) is 0 Å². The Morgan fingerprint density at radius 1 is 1.10 bits per heavy atom. The summed E-state index contributed by atoms with van der Waals surface area (Å²) in [5, 5.41) is 0. The summed E-state index contributed by atoms with van der Waals surface area (Å²) in [4.78, 5) is 0.544. The highest BCUT2D eigenvalue weighted by atomic mass is 79.9.